The van der Waals surface area contributed by atoms with Crippen LogP contribution in [0.2, 0.25) is 0 Å². The third-order valence-electron chi connectivity index (χ3n) is 5.41. The molecule has 1 aromatic heterocycles. The number of aromatic nitrogens is 1. The minimum Gasteiger partial charge on any atom is -0.377 e. The van der Waals surface area contributed by atoms with Crippen LogP contribution in [0.5, 0.6) is 0 Å². The smallest absolute Gasteiger partial charge is 0.315 e. The van der Waals surface area contributed by atoms with Crippen LogP contribution in [-0.2, 0) is 4.74 Å². The number of nitrogens with zero attached hydrogens (tertiary/aromatic N) is 1. The van der Waals surface area contributed by atoms with Crippen LogP contribution in [-0.4, -0.2) is 29.8 Å². The topological polar surface area (TPSA) is 63.2 Å². The highest BCUT2D eigenvalue weighted by Crippen LogP contribution is 2.52. The number of hydrogen-bond acceptors (Lipinski definition) is 3. The molecule has 2 N–H and O–H groups in total. The van der Waals surface area contributed by atoms with Gasteiger partial charge in [0.05, 0.1) is 12.1 Å². The molecule has 1 saturated heterocycles. The van der Waals surface area contributed by atoms with E-state index < -0.39 is 0 Å². The van der Waals surface area contributed by atoms with Gasteiger partial charge in [0.2, 0.25) is 0 Å². The SMILES string of the molecule is CC(C)C(NC(=O)NC1C2CCOC2C1(C)C)c1ccncc1. The molecule has 0 bridgehead atoms. The first kappa shape index (κ1) is 16.2. The van der Waals surface area contributed by atoms with Gasteiger partial charge in [-0.3, -0.25) is 4.98 Å². The number of carbonyl (C=O) groups is 1. The van der Waals surface area contributed by atoms with E-state index in [0.717, 1.165) is 18.6 Å². The zero-order chi connectivity index (χ0) is 16.6. The van der Waals surface area contributed by atoms with Crippen LogP contribution in [0.15, 0.2) is 24.5 Å². The van der Waals surface area contributed by atoms with E-state index in [2.05, 4.69) is 43.3 Å². The van der Waals surface area contributed by atoms with Gasteiger partial charge in [0, 0.05) is 36.4 Å². The maximum Gasteiger partial charge on any atom is 0.315 e. The molecular formula is C18H27N3O2. The minimum absolute atomic E-state index is 0.00248. The third kappa shape index (κ3) is 2.94. The highest BCUT2D eigenvalue weighted by atomic mass is 16.5. The zero-order valence-electron chi connectivity index (χ0n) is 14.4. The van der Waals surface area contributed by atoms with Crippen LogP contribution in [0, 0.1) is 17.3 Å². The van der Waals surface area contributed by atoms with Gasteiger partial charge < -0.3 is 15.4 Å². The van der Waals surface area contributed by atoms with Crippen LogP contribution in [0.4, 0.5) is 4.79 Å². The predicted octanol–water partition coefficient (Wildman–Crippen LogP) is 2.89. The standard InChI is InChI=1S/C18H27N3O2/c1-11(2)14(12-5-8-19-9-6-12)20-17(22)21-15-13-7-10-23-16(13)18(15,3)4/h5-6,8-9,11,13-16H,7,10H2,1-4H3,(H2,20,21,22). The van der Waals surface area contributed by atoms with Crippen molar-refractivity contribution in [2.45, 2.75) is 52.3 Å². The summed E-state index contributed by atoms with van der Waals surface area (Å²) in [5.74, 6) is 0.759. The molecule has 1 aliphatic carbocycles. The van der Waals surface area contributed by atoms with Crippen LogP contribution in [0.25, 0.3) is 0 Å². The fraction of sp³-hybridized carbons (Fsp3) is 0.667. The summed E-state index contributed by atoms with van der Waals surface area (Å²) in [6, 6.07) is 3.99. The van der Waals surface area contributed by atoms with Crippen molar-refractivity contribution in [1.82, 2.24) is 15.6 Å². The molecule has 23 heavy (non-hydrogen) atoms. The second-order valence-corrected chi connectivity index (χ2v) is 7.66. The largest absolute Gasteiger partial charge is 0.377 e. The average Bonchev–Trinajstić information content (AvgIpc) is 2.98. The maximum atomic E-state index is 12.5. The normalized spacial score (nSPS) is 29.5. The molecule has 5 heteroatoms. The van der Waals surface area contributed by atoms with Gasteiger partial charge in [-0.05, 0) is 30.0 Å². The van der Waals surface area contributed by atoms with Gasteiger partial charge in [-0.1, -0.05) is 27.7 Å². The van der Waals surface area contributed by atoms with Gasteiger partial charge in [0.25, 0.3) is 0 Å². The predicted molar refractivity (Wildman–Crippen MR) is 88.9 cm³/mol. The molecule has 0 radical (unpaired) electrons. The van der Waals surface area contributed by atoms with E-state index in [4.69, 9.17) is 4.74 Å². The van der Waals surface area contributed by atoms with E-state index in [1.54, 1.807) is 12.4 Å². The first-order valence-electron chi connectivity index (χ1n) is 8.50. The molecule has 2 heterocycles. The average molecular weight is 317 g/mol. The summed E-state index contributed by atoms with van der Waals surface area (Å²) in [6.07, 6.45) is 4.85. The van der Waals surface area contributed by atoms with Gasteiger partial charge in [0.1, 0.15) is 0 Å². The summed E-state index contributed by atoms with van der Waals surface area (Å²) in [4.78, 5) is 16.6. The summed E-state index contributed by atoms with van der Waals surface area (Å²) in [5.41, 5.74) is 1.09. The Kier molecular flexibility index (Phi) is 4.32. The Bertz CT molecular complexity index is 559. The Morgan fingerprint density at radius 2 is 2.04 bits per heavy atom. The van der Waals surface area contributed by atoms with Crippen molar-refractivity contribution in [3.8, 4) is 0 Å². The molecule has 0 aromatic carbocycles. The Morgan fingerprint density at radius 1 is 1.35 bits per heavy atom. The van der Waals surface area contributed by atoms with Crippen molar-refractivity contribution >= 4 is 6.03 Å². The summed E-state index contributed by atoms with van der Waals surface area (Å²) in [7, 11) is 0. The van der Waals surface area contributed by atoms with Crippen LogP contribution >= 0.6 is 0 Å². The van der Waals surface area contributed by atoms with E-state index in [-0.39, 0.29) is 29.6 Å². The van der Waals surface area contributed by atoms with Crippen LogP contribution in [0.1, 0.15) is 45.7 Å². The van der Waals surface area contributed by atoms with Crippen molar-refractivity contribution in [3.05, 3.63) is 30.1 Å². The molecule has 0 spiro atoms. The molecule has 2 fully saturated rings. The van der Waals surface area contributed by atoms with Gasteiger partial charge in [-0.2, -0.15) is 0 Å². The van der Waals surface area contributed by atoms with E-state index in [0.29, 0.717) is 11.8 Å². The summed E-state index contributed by atoms with van der Waals surface area (Å²) < 4.78 is 5.79. The highest BCUT2D eigenvalue weighted by Gasteiger charge is 2.59. The Hall–Kier alpha value is -1.62. The Morgan fingerprint density at radius 3 is 2.70 bits per heavy atom. The number of rotatable bonds is 4. The van der Waals surface area contributed by atoms with Crippen LogP contribution in [0.3, 0.4) is 0 Å². The lowest BCUT2D eigenvalue weighted by molar-refractivity contribution is -0.108. The monoisotopic (exact) mass is 317 g/mol. The number of fused-ring (bicyclic) bond motifs is 1. The molecule has 3 rings (SSSR count). The second kappa shape index (κ2) is 6.11. The molecule has 4 atom stereocenters. The van der Waals surface area contributed by atoms with Crippen molar-refractivity contribution in [2.24, 2.45) is 17.3 Å². The first-order chi connectivity index (χ1) is 10.9. The highest BCUT2D eigenvalue weighted by molar-refractivity contribution is 5.75. The quantitative estimate of drug-likeness (QED) is 0.897. The molecule has 1 aliphatic heterocycles. The van der Waals surface area contributed by atoms with E-state index in [1.165, 1.54) is 0 Å². The lowest BCUT2D eigenvalue weighted by Gasteiger charge is -2.54. The summed E-state index contributed by atoms with van der Waals surface area (Å²) in [5, 5.41) is 6.32. The molecular weight excluding hydrogens is 290 g/mol. The zero-order valence-corrected chi connectivity index (χ0v) is 14.4. The molecule has 5 nitrogen and oxygen atoms in total. The fourth-order valence-corrected chi connectivity index (χ4v) is 4.15. The van der Waals surface area contributed by atoms with E-state index >= 15 is 0 Å². The maximum absolute atomic E-state index is 12.5. The van der Waals surface area contributed by atoms with Gasteiger partial charge in [-0.25, -0.2) is 4.79 Å². The molecule has 126 valence electrons. The lowest BCUT2D eigenvalue weighted by Crippen LogP contribution is -2.67. The van der Waals surface area contributed by atoms with E-state index in [1.807, 2.05) is 12.1 Å². The van der Waals surface area contributed by atoms with E-state index in [9.17, 15) is 4.79 Å². The molecule has 2 amide bonds. The minimum atomic E-state index is -0.0936. The first-order valence-corrected chi connectivity index (χ1v) is 8.50. The van der Waals surface area contributed by atoms with Gasteiger partial charge in [-0.15, -0.1) is 0 Å². The summed E-state index contributed by atoms with van der Waals surface area (Å²) >= 11 is 0. The van der Waals surface area contributed by atoms with Crippen molar-refractivity contribution in [2.75, 3.05) is 6.61 Å². The molecule has 1 aromatic rings. The number of ether oxygens (including phenoxy) is 1. The number of amides is 2. The Balaban J connectivity index is 1.64. The van der Waals surface area contributed by atoms with Crippen LogP contribution < -0.4 is 10.6 Å². The number of nitrogens with one attached hydrogen (secondary N) is 2. The lowest BCUT2D eigenvalue weighted by atomic mass is 9.57. The summed E-state index contributed by atoms with van der Waals surface area (Å²) in [6.45, 7) is 9.38. The fourth-order valence-electron chi connectivity index (χ4n) is 4.15. The third-order valence-corrected chi connectivity index (χ3v) is 5.41. The number of urea groups is 1. The number of hydrogen-bond donors (Lipinski definition) is 2. The number of carbonyl (C=O) groups excluding carboxylic acids is 1. The van der Waals surface area contributed by atoms with Crippen molar-refractivity contribution < 1.29 is 9.53 Å². The molecule has 1 saturated carbocycles. The molecule has 4 unspecified atom stereocenters. The van der Waals surface area contributed by atoms with Gasteiger partial charge >= 0.3 is 6.03 Å². The number of pyridine rings is 1. The molecule has 2 aliphatic rings. The van der Waals surface area contributed by atoms with Crippen molar-refractivity contribution in [3.63, 3.8) is 0 Å². The second-order valence-electron chi connectivity index (χ2n) is 7.66. The van der Waals surface area contributed by atoms with Crippen molar-refractivity contribution in [1.29, 1.82) is 0 Å². The van der Waals surface area contributed by atoms with Gasteiger partial charge in [0.15, 0.2) is 0 Å². The Labute approximate surface area is 138 Å².